The maximum atomic E-state index is 10.0. The molecule has 0 aromatic heterocycles. The zero-order valence-electron chi connectivity index (χ0n) is 14.2. The molecule has 5 atom stereocenters. The predicted octanol–water partition coefficient (Wildman–Crippen LogP) is 2.80. The molecule has 3 aliphatic rings. The van der Waals surface area contributed by atoms with Crippen molar-refractivity contribution in [3.05, 3.63) is 35.9 Å². The number of benzene rings is 1. The second-order valence-electron chi connectivity index (χ2n) is 7.15. The van der Waals surface area contributed by atoms with Gasteiger partial charge in [-0.2, -0.15) is 5.10 Å². The predicted molar refractivity (Wildman–Crippen MR) is 102 cm³/mol. The molecule has 1 aromatic carbocycles. The van der Waals surface area contributed by atoms with Crippen LogP contribution in [0, 0.1) is 23.7 Å². The normalized spacial score (nSPS) is 32.1. The van der Waals surface area contributed by atoms with Crippen molar-refractivity contribution in [2.45, 2.75) is 25.3 Å². The number of hydrazone groups is 1. The van der Waals surface area contributed by atoms with Crippen molar-refractivity contribution in [1.29, 1.82) is 0 Å². The van der Waals surface area contributed by atoms with Crippen molar-refractivity contribution in [2.75, 3.05) is 7.11 Å². The highest BCUT2D eigenvalue weighted by Crippen LogP contribution is 2.56. The third-order valence-corrected chi connectivity index (χ3v) is 6.15. The van der Waals surface area contributed by atoms with Gasteiger partial charge >= 0.3 is 0 Å². The van der Waals surface area contributed by atoms with Crippen molar-refractivity contribution in [3.8, 4) is 11.5 Å². The number of hydrogen-bond donors (Lipinski definition) is 3. The van der Waals surface area contributed by atoms with E-state index in [1.165, 1.54) is 26.4 Å². The first-order valence-corrected chi connectivity index (χ1v) is 9.20. The van der Waals surface area contributed by atoms with E-state index in [9.17, 15) is 5.11 Å². The number of para-hydroxylation sites is 1. The lowest BCUT2D eigenvalue weighted by Crippen LogP contribution is -2.45. The lowest BCUT2D eigenvalue weighted by Gasteiger charge is -2.32. The molecule has 3 N–H and O–H groups in total. The minimum atomic E-state index is 0.0709. The number of hydrogen-bond acceptors (Lipinski definition) is 4. The molecule has 2 bridgehead atoms. The second-order valence-corrected chi connectivity index (χ2v) is 7.56. The number of allylic oxidation sites excluding steroid dienone is 2. The maximum Gasteiger partial charge on any atom is 0.187 e. The number of phenols is 1. The Balaban J connectivity index is 1.32. The fraction of sp³-hybridized carbons (Fsp3) is 0.474. The minimum absolute atomic E-state index is 0.0709. The number of nitrogens with one attached hydrogen (secondary N) is 2. The van der Waals surface area contributed by atoms with E-state index in [2.05, 4.69) is 28.0 Å². The highest BCUT2D eigenvalue weighted by atomic mass is 32.1. The van der Waals surface area contributed by atoms with Crippen LogP contribution in [0.1, 0.15) is 24.8 Å². The summed E-state index contributed by atoms with van der Waals surface area (Å²) in [5.41, 5.74) is 3.44. The first-order chi connectivity index (χ1) is 12.2. The summed E-state index contributed by atoms with van der Waals surface area (Å²) in [6.45, 7) is 0. The monoisotopic (exact) mass is 357 g/mol. The van der Waals surface area contributed by atoms with E-state index < -0.39 is 0 Å². The molecular weight excluding hydrogens is 334 g/mol. The van der Waals surface area contributed by atoms with E-state index >= 15 is 0 Å². The molecule has 0 spiro atoms. The number of aromatic hydroxyl groups is 1. The van der Waals surface area contributed by atoms with Gasteiger partial charge in [0.25, 0.3) is 0 Å². The van der Waals surface area contributed by atoms with Gasteiger partial charge in [-0.3, -0.25) is 5.43 Å². The first-order valence-electron chi connectivity index (χ1n) is 8.79. The van der Waals surface area contributed by atoms with Gasteiger partial charge in [0.05, 0.1) is 13.3 Å². The largest absolute Gasteiger partial charge is 0.504 e. The zero-order chi connectivity index (χ0) is 17.4. The van der Waals surface area contributed by atoms with E-state index in [-0.39, 0.29) is 5.75 Å². The van der Waals surface area contributed by atoms with Crippen LogP contribution in [0.25, 0.3) is 0 Å². The third kappa shape index (κ3) is 2.99. The summed E-state index contributed by atoms with van der Waals surface area (Å²) in [5, 5.41) is 18.2. The Hall–Kier alpha value is -2.08. The number of phenolic OH excluding ortho intramolecular Hbond substituents is 1. The van der Waals surface area contributed by atoms with Crippen molar-refractivity contribution in [2.24, 2.45) is 28.8 Å². The molecule has 2 fully saturated rings. The van der Waals surface area contributed by atoms with Crippen LogP contribution in [0.15, 0.2) is 35.5 Å². The molecule has 132 valence electrons. The zero-order valence-corrected chi connectivity index (χ0v) is 15.0. The van der Waals surface area contributed by atoms with E-state index in [1.807, 2.05) is 0 Å². The van der Waals surface area contributed by atoms with Crippen molar-refractivity contribution < 1.29 is 9.84 Å². The van der Waals surface area contributed by atoms with Gasteiger partial charge < -0.3 is 15.2 Å². The lowest BCUT2D eigenvalue weighted by molar-refractivity contribution is 0.246. The second kappa shape index (κ2) is 6.67. The highest BCUT2D eigenvalue weighted by molar-refractivity contribution is 7.80. The average molecular weight is 357 g/mol. The van der Waals surface area contributed by atoms with Gasteiger partial charge in [-0.25, -0.2) is 0 Å². The fourth-order valence-electron chi connectivity index (χ4n) is 4.88. The number of thiocarbonyl (C=S) groups is 1. The van der Waals surface area contributed by atoms with Crippen LogP contribution in [0.2, 0.25) is 0 Å². The summed E-state index contributed by atoms with van der Waals surface area (Å²) in [7, 11) is 1.52. The molecule has 0 amide bonds. The smallest absolute Gasteiger partial charge is 0.187 e. The Kier molecular flexibility index (Phi) is 4.37. The van der Waals surface area contributed by atoms with Crippen LogP contribution in [0.3, 0.4) is 0 Å². The summed E-state index contributed by atoms with van der Waals surface area (Å²) in [6, 6.07) is 5.71. The van der Waals surface area contributed by atoms with Crippen molar-refractivity contribution in [3.63, 3.8) is 0 Å². The van der Waals surface area contributed by atoms with E-state index in [0.29, 0.717) is 28.4 Å². The summed E-state index contributed by atoms with van der Waals surface area (Å²) in [6.07, 6.45) is 10.1. The molecule has 0 saturated heterocycles. The molecule has 5 nitrogen and oxygen atoms in total. The lowest BCUT2D eigenvalue weighted by atomic mass is 9.79. The maximum absolute atomic E-state index is 10.0. The summed E-state index contributed by atoms with van der Waals surface area (Å²) in [5.74, 6) is 3.63. The number of fused-ring (bicyclic) bond motifs is 5. The Morgan fingerprint density at radius 1 is 1.36 bits per heavy atom. The van der Waals surface area contributed by atoms with Gasteiger partial charge in [-0.15, -0.1) is 0 Å². The molecule has 1 aromatic rings. The SMILES string of the molecule is COc1cccc(/C=N\NC(=S)N[C@H]2C[C@H]3C[C@@H]2[C@H]2C=CC[C@H]32)c1O. The van der Waals surface area contributed by atoms with Gasteiger partial charge in [-0.05, 0) is 67.3 Å². The molecular formula is C19H23N3O2S. The molecule has 0 aliphatic heterocycles. The Morgan fingerprint density at radius 2 is 2.24 bits per heavy atom. The Bertz CT molecular complexity index is 733. The van der Waals surface area contributed by atoms with E-state index in [0.717, 1.165) is 17.8 Å². The molecule has 0 heterocycles. The molecule has 3 aliphatic carbocycles. The third-order valence-electron chi connectivity index (χ3n) is 5.95. The van der Waals surface area contributed by atoms with Gasteiger partial charge in [0, 0.05) is 11.6 Å². The van der Waals surface area contributed by atoms with Crippen LogP contribution in [0.5, 0.6) is 11.5 Å². The molecule has 0 radical (unpaired) electrons. The highest BCUT2D eigenvalue weighted by Gasteiger charge is 2.52. The molecule has 4 rings (SSSR count). The number of methoxy groups -OCH3 is 1. The van der Waals surface area contributed by atoms with Crippen LogP contribution in [-0.4, -0.2) is 29.6 Å². The summed E-state index contributed by atoms with van der Waals surface area (Å²) >= 11 is 5.38. The summed E-state index contributed by atoms with van der Waals surface area (Å²) < 4.78 is 5.09. The van der Waals surface area contributed by atoms with E-state index in [1.54, 1.807) is 24.4 Å². The average Bonchev–Trinajstić information content (AvgIpc) is 3.29. The van der Waals surface area contributed by atoms with Gasteiger partial charge in [0.15, 0.2) is 16.6 Å². The number of rotatable bonds is 4. The van der Waals surface area contributed by atoms with Gasteiger partial charge in [0.1, 0.15) is 0 Å². The van der Waals surface area contributed by atoms with Gasteiger partial charge in [0.2, 0.25) is 0 Å². The summed E-state index contributed by atoms with van der Waals surface area (Å²) in [4.78, 5) is 0. The van der Waals surface area contributed by atoms with Gasteiger partial charge in [-0.1, -0.05) is 18.2 Å². The first kappa shape index (κ1) is 16.4. The van der Waals surface area contributed by atoms with Crippen LogP contribution in [0.4, 0.5) is 0 Å². The van der Waals surface area contributed by atoms with Crippen molar-refractivity contribution in [1.82, 2.24) is 10.7 Å². The molecule has 2 saturated carbocycles. The van der Waals surface area contributed by atoms with Crippen LogP contribution >= 0.6 is 12.2 Å². The minimum Gasteiger partial charge on any atom is -0.504 e. The van der Waals surface area contributed by atoms with E-state index in [4.69, 9.17) is 17.0 Å². The number of nitrogens with zero attached hydrogens (tertiary/aromatic N) is 1. The quantitative estimate of drug-likeness (QED) is 0.335. The molecule has 0 unspecified atom stereocenters. The fourth-order valence-corrected chi connectivity index (χ4v) is 5.08. The van der Waals surface area contributed by atoms with Crippen LogP contribution in [-0.2, 0) is 0 Å². The standard InChI is InChI=1S/C19H23N3O2S/c1-24-17-7-2-4-11(18(17)23)10-20-22-19(25)21-16-9-12-8-15(16)14-6-3-5-13(12)14/h2-4,6-7,10,12-16,23H,5,8-9H2,1H3,(H2,21,22,25)/b20-10-/t12-,13-,14+,15-,16+/m1/s1. The molecule has 25 heavy (non-hydrogen) atoms. The topological polar surface area (TPSA) is 65.9 Å². The number of ether oxygens (including phenoxy) is 1. The van der Waals surface area contributed by atoms with Crippen molar-refractivity contribution >= 4 is 23.5 Å². The van der Waals surface area contributed by atoms with Crippen LogP contribution < -0.4 is 15.5 Å². The Labute approximate surface area is 153 Å². The Morgan fingerprint density at radius 3 is 3.08 bits per heavy atom. The molecule has 6 heteroatoms.